The van der Waals surface area contributed by atoms with Crippen LogP contribution in [0.5, 0.6) is 0 Å². The van der Waals surface area contributed by atoms with Crippen molar-refractivity contribution in [3.8, 4) is 0 Å². The molecule has 0 aliphatic heterocycles. The Hall–Kier alpha value is -0.810. The van der Waals surface area contributed by atoms with Crippen LogP contribution in [0.2, 0.25) is 0 Å². The Morgan fingerprint density at radius 3 is 2.22 bits per heavy atom. The van der Waals surface area contributed by atoms with E-state index < -0.39 is 12.1 Å². The van der Waals surface area contributed by atoms with Gasteiger partial charge in [0.05, 0.1) is 0 Å². The Bertz CT molecular complexity index is 108. The highest BCUT2D eigenvalue weighted by atomic mass is 16.8. The van der Waals surface area contributed by atoms with Crippen LogP contribution in [-0.2, 0) is 4.74 Å². The number of ether oxygens (including phenoxy) is 1. The first-order valence-corrected chi connectivity index (χ1v) is 2.34. The average Bonchev–Trinajstić information content (AvgIpc) is 1.63. The zero-order valence-electron chi connectivity index (χ0n) is 4.87. The van der Waals surface area contributed by atoms with E-state index in [-0.39, 0.29) is 6.42 Å². The van der Waals surface area contributed by atoms with Crippen molar-refractivity contribution in [2.24, 2.45) is 0 Å². The summed E-state index contributed by atoms with van der Waals surface area (Å²) in [5.41, 5.74) is 0. The van der Waals surface area contributed by atoms with Crippen LogP contribution < -0.4 is 0 Å². The number of hydrogen-bond acceptors (Lipinski definition) is 4. The Morgan fingerprint density at radius 1 is 1.67 bits per heavy atom. The van der Waals surface area contributed by atoms with Crippen LogP contribution in [0, 0.1) is 0 Å². The third-order valence-electron chi connectivity index (χ3n) is 0.711. The highest BCUT2D eigenvalue weighted by Crippen LogP contribution is 2.05. The van der Waals surface area contributed by atoms with Gasteiger partial charge >= 0.3 is 12.1 Å². The molecule has 0 bridgehead atoms. The molecule has 54 valence electrons. The van der Waals surface area contributed by atoms with Crippen molar-refractivity contribution in [2.45, 2.75) is 19.3 Å². The van der Waals surface area contributed by atoms with Crippen molar-refractivity contribution < 1.29 is 24.9 Å². The lowest BCUT2D eigenvalue weighted by molar-refractivity contribution is -0.313. The lowest BCUT2D eigenvalue weighted by atomic mass is 10.4. The molecule has 0 saturated carbocycles. The summed E-state index contributed by atoms with van der Waals surface area (Å²) in [4.78, 5) is 9.63. The summed E-state index contributed by atoms with van der Waals surface area (Å²) < 4.78 is 3.61. The molecule has 0 fully saturated rings. The van der Waals surface area contributed by atoms with Gasteiger partial charge in [-0.05, 0) is 0 Å². The predicted molar refractivity (Wildman–Crippen MR) is 26.6 cm³/mol. The highest BCUT2D eigenvalue weighted by molar-refractivity contribution is 5.57. The Labute approximate surface area is 51.5 Å². The van der Waals surface area contributed by atoms with E-state index in [1.54, 1.807) is 0 Å². The summed E-state index contributed by atoms with van der Waals surface area (Å²) in [6, 6.07) is 0. The van der Waals surface area contributed by atoms with Gasteiger partial charge in [-0.1, -0.05) is 6.92 Å². The van der Waals surface area contributed by atoms with E-state index in [0.717, 1.165) is 0 Å². The van der Waals surface area contributed by atoms with E-state index in [1.165, 1.54) is 6.92 Å². The Kier molecular flexibility index (Phi) is 2.41. The molecule has 3 N–H and O–H groups in total. The summed E-state index contributed by atoms with van der Waals surface area (Å²) in [7, 11) is 0. The van der Waals surface area contributed by atoms with Crippen molar-refractivity contribution >= 4 is 6.16 Å². The van der Waals surface area contributed by atoms with Crippen molar-refractivity contribution in [1.82, 2.24) is 0 Å². The molecule has 0 heterocycles. The SMILES string of the molecule is CCC(O)(O)OC(=O)O. The molecule has 0 spiro atoms. The number of hydrogen-bond donors (Lipinski definition) is 3. The third-order valence-corrected chi connectivity index (χ3v) is 0.711. The molecule has 5 heteroatoms. The minimum atomic E-state index is -2.54. The monoisotopic (exact) mass is 136 g/mol. The lowest BCUT2D eigenvalue weighted by Crippen LogP contribution is -2.32. The maximum absolute atomic E-state index is 9.63. The maximum Gasteiger partial charge on any atom is 0.510 e. The second kappa shape index (κ2) is 2.65. The van der Waals surface area contributed by atoms with E-state index in [0.29, 0.717) is 0 Å². The number of carboxylic acid groups (broad SMARTS) is 1. The van der Waals surface area contributed by atoms with Gasteiger partial charge in [0.15, 0.2) is 0 Å². The molecule has 0 aromatic heterocycles. The molecule has 0 saturated heterocycles. The predicted octanol–water partition coefficient (Wildman–Crippen LogP) is -0.271. The van der Waals surface area contributed by atoms with Crippen LogP contribution >= 0.6 is 0 Å². The molecule has 0 rings (SSSR count). The van der Waals surface area contributed by atoms with Gasteiger partial charge in [0.2, 0.25) is 0 Å². The molecule has 9 heavy (non-hydrogen) atoms. The lowest BCUT2D eigenvalue weighted by Gasteiger charge is -2.16. The second-order valence-electron chi connectivity index (χ2n) is 1.46. The second-order valence-corrected chi connectivity index (χ2v) is 1.46. The topological polar surface area (TPSA) is 87.0 Å². The first-order chi connectivity index (χ1) is 3.98. The van der Waals surface area contributed by atoms with Gasteiger partial charge in [0.25, 0.3) is 0 Å². The van der Waals surface area contributed by atoms with Gasteiger partial charge in [0.1, 0.15) is 0 Å². The molecule has 0 atom stereocenters. The first-order valence-electron chi connectivity index (χ1n) is 2.34. The average molecular weight is 136 g/mol. The van der Waals surface area contributed by atoms with E-state index >= 15 is 0 Å². The number of carbonyl (C=O) groups is 1. The highest BCUT2D eigenvalue weighted by Gasteiger charge is 2.24. The maximum atomic E-state index is 9.63. The van der Waals surface area contributed by atoms with Gasteiger partial charge in [-0.2, -0.15) is 0 Å². The summed E-state index contributed by atoms with van der Waals surface area (Å²) in [5, 5.41) is 24.7. The summed E-state index contributed by atoms with van der Waals surface area (Å²) in [5.74, 6) is -2.54. The molecule has 0 aliphatic carbocycles. The zero-order valence-corrected chi connectivity index (χ0v) is 4.87. The van der Waals surface area contributed by atoms with E-state index in [9.17, 15) is 4.79 Å². The fourth-order valence-electron chi connectivity index (χ4n) is 0.212. The normalized spacial score (nSPS) is 11.0. The summed E-state index contributed by atoms with van der Waals surface area (Å²) >= 11 is 0. The van der Waals surface area contributed by atoms with Crippen molar-refractivity contribution in [3.05, 3.63) is 0 Å². The fourth-order valence-corrected chi connectivity index (χ4v) is 0.212. The molecule has 0 aliphatic rings. The van der Waals surface area contributed by atoms with Crippen LogP contribution in [0.4, 0.5) is 4.79 Å². The quantitative estimate of drug-likeness (QED) is 0.359. The number of aliphatic hydroxyl groups is 2. The summed E-state index contributed by atoms with van der Waals surface area (Å²) in [6.45, 7) is 1.38. The van der Waals surface area contributed by atoms with Gasteiger partial charge in [-0.15, -0.1) is 0 Å². The van der Waals surface area contributed by atoms with Gasteiger partial charge in [0, 0.05) is 6.42 Å². The van der Waals surface area contributed by atoms with Crippen LogP contribution in [0.1, 0.15) is 13.3 Å². The van der Waals surface area contributed by atoms with Gasteiger partial charge in [-0.25, -0.2) is 4.79 Å². The molecule has 0 radical (unpaired) electrons. The van der Waals surface area contributed by atoms with Gasteiger partial charge in [-0.3, -0.25) is 0 Å². The minimum absolute atomic E-state index is 0.195. The molecule has 5 nitrogen and oxygen atoms in total. The molecule has 0 amide bonds. The fraction of sp³-hybridized carbons (Fsp3) is 0.750. The van der Waals surface area contributed by atoms with Crippen LogP contribution in [-0.4, -0.2) is 27.4 Å². The van der Waals surface area contributed by atoms with Crippen molar-refractivity contribution in [1.29, 1.82) is 0 Å². The van der Waals surface area contributed by atoms with Crippen molar-refractivity contribution in [2.75, 3.05) is 0 Å². The molecular weight excluding hydrogens is 128 g/mol. The van der Waals surface area contributed by atoms with Crippen LogP contribution in [0.25, 0.3) is 0 Å². The Balaban J connectivity index is 3.71. The molecule has 0 aromatic carbocycles. The first kappa shape index (κ1) is 8.19. The smallest absolute Gasteiger partial charge is 0.450 e. The van der Waals surface area contributed by atoms with Crippen LogP contribution in [0.15, 0.2) is 0 Å². The minimum Gasteiger partial charge on any atom is -0.450 e. The van der Waals surface area contributed by atoms with E-state index in [2.05, 4.69) is 4.74 Å². The van der Waals surface area contributed by atoms with E-state index in [4.69, 9.17) is 15.3 Å². The van der Waals surface area contributed by atoms with Crippen LogP contribution in [0.3, 0.4) is 0 Å². The Morgan fingerprint density at radius 2 is 2.11 bits per heavy atom. The summed E-state index contributed by atoms with van der Waals surface area (Å²) in [6.07, 6.45) is -1.90. The largest absolute Gasteiger partial charge is 0.510 e. The molecular formula is C4H8O5. The third kappa shape index (κ3) is 3.75. The molecule has 0 aromatic rings. The number of rotatable bonds is 2. The van der Waals surface area contributed by atoms with E-state index in [1.807, 2.05) is 0 Å². The van der Waals surface area contributed by atoms with Gasteiger partial charge < -0.3 is 20.1 Å². The zero-order chi connectivity index (χ0) is 7.49. The standard InChI is InChI=1S/C4H8O5/c1-2-4(7,8)9-3(5)6/h7-8H,2H2,1H3,(H,5,6). The molecule has 0 unspecified atom stereocenters. The van der Waals surface area contributed by atoms with Crippen molar-refractivity contribution in [3.63, 3.8) is 0 Å².